The molecule has 0 radical (unpaired) electrons. The molecule has 2 rings (SSSR count). The van der Waals surface area contributed by atoms with Crippen molar-refractivity contribution in [2.45, 2.75) is 25.9 Å². The van der Waals surface area contributed by atoms with Gasteiger partial charge in [0.1, 0.15) is 0 Å². The van der Waals surface area contributed by atoms with Crippen LogP contribution in [0.4, 0.5) is 0 Å². The Labute approximate surface area is 135 Å². The number of nitrogens with zero attached hydrogens (tertiary/aromatic N) is 3. The topological polar surface area (TPSA) is 47.1 Å². The van der Waals surface area contributed by atoms with E-state index >= 15 is 0 Å². The standard InChI is InChI=1S/C16H23BrN4/c1-4-12-7-5-6-8-13(12)15(18)16-14(17)11-19-21(16)10-9-20(2)3/h5-8,11,15H,4,9-10,18H2,1-3H3. The van der Waals surface area contributed by atoms with Crippen LogP contribution in [-0.2, 0) is 13.0 Å². The molecular weight excluding hydrogens is 328 g/mol. The van der Waals surface area contributed by atoms with Crippen LogP contribution >= 0.6 is 15.9 Å². The van der Waals surface area contributed by atoms with Gasteiger partial charge in [-0.05, 0) is 47.6 Å². The van der Waals surface area contributed by atoms with Crippen LogP contribution in [0.1, 0.15) is 29.8 Å². The highest BCUT2D eigenvalue weighted by Crippen LogP contribution is 2.28. The molecule has 0 aliphatic carbocycles. The van der Waals surface area contributed by atoms with Crippen molar-refractivity contribution in [1.29, 1.82) is 0 Å². The number of hydrogen-bond acceptors (Lipinski definition) is 3. The van der Waals surface area contributed by atoms with E-state index in [4.69, 9.17) is 5.73 Å². The number of rotatable bonds is 6. The molecular formula is C16H23BrN4. The number of halogens is 1. The summed E-state index contributed by atoms with van der Waals surface area (Å²) in [6.45, 7) is 3.92. The Balaban J connectivity index is 2.34. The summed E-state index contributed by atoms with van der Waals surface area (Å²) in [4.78, 5) is 2.14. The van der Waals surface area contributed by atoms with E-state index in [1.807, 2.05) is 16.9 Å². The van der Waals surface area contributed by atoms with Gasteiger partial charge in [-0.2, -0.15) is 5.10 Å². The highest BCUT2D eigenvalue weighted by atomic mass is 79.9. The first-order valence-electron chi connectivity index (χ1n) is 7.24. The van der Waals surface area contributed by atoms with Crippen LogP contribution in [0.3, 0.4) is 0 Å². The van der Waals surface area contributed by atoms with Gasteiger partial charge in [-0.25, -0.2) is 0 Å². The molecule has 1 aromatic carbocycles. The fourth-order valence-corrected chi connectivity index (χ4v) is 3.00. The van der Waals surface area contributed by atoms with Gasteiger partial charge in [0.2, 0.25) is 0 Å². The summed E-state index contributed by atoms with van der Waals surface area (Å²) in [7, 11) is 4.12. The Kier molecular flexibility index (Phi) is 5.56. The van der Waals surface area contributed by atoms with E-state index < -0.39 is 0 Å². The van der Waals surface area contributed by atoms with Gasteiger partial charge in [-0.15, -0.1) is 0 Å². The summed E-state index contributed by atoms with van der Waals surface area (Å²) in [6, 6.07) is 8.19. The Hall–Kier alpha value is -1.17. The molecule has 0 aliphatic heterocycles. The zero-order valence-corrected chi connectivity index (χ0v) is 14.5. The molecule has 5 heteroatoms. The minimum absolute atomic E-state index is 0.166. The third-order valence-corrected chi connectivity index (χ3v) is 4.27. The lowest BCUT2D eigenvalue weighted by Gasteiger charge is -2.19. The second-order valence-electron chi connectivity index (χ2n) is 5.43. The highest BCUT2D eigenvalue weighted by Gasteiger charge is 2.20. The molecule has 1 heterocycles. The number of aryl methyl sites for hydroxylation is 1. The molecule has 4 nitrogen and oxygen atoms in total. The van der Waals surface area contributed by atoms with Gasteiger partial charge >= 0.3 is 0 Å². The SMILES string of the molecule is CCc1ccccc1C(N)c1c(Br)cnn1CCN(C)C. The molecule has 0 saturated carbocycles. The average Bonchev–Trinajstić information content (AvgIpc) is 2.85. The van der Waals surface area contributed by atoms with Gasteiger partial charge in [0, 0.05) is 6.54 Å². The van der Waals surface area contributed by atoms with Gasteiger partial charge in [0.25, 0.3) is 0 Å². The fraction of sp³-hybridized carbons (Fsp3) is 0.438. The fourth-order valence-electron chi connectivity index (χ4n) is 2.46. The summed E-state index contributed by atoms with van der Waals surface area (Å²) in [6.07, 6.45) is 2.81. The zero-order chi connectivity index (χ0) is 15.4. The minimum atomic E-state index is -0.166. The maximum Gasteiger partial charge on any atom is 0.0739 e. The summed E-state index contributed by atoms with van der Waals surface area (Å²) < 4.78 is 2.97. The third-order valence-electron chi connectivity index (χ3n) is 3.66. The molecule has 0 spiro atoms. The van der Waals surface area contributed by atoms with Crippen LogP contribution < -0.4 is 5.73 Å². The summed E-state index contributed by atoms with van der Waals surface area (Å²) in [5, 5.41) is 4.45. The van der Waals surface area contributed by atoms with Crippen molar-refractivity contribution in [3.05, 3.63) is 51.8 Å². The van der Waals surface area contributed by atoms with Crippen LogP contribution in [0.2, 0.25) is 0 Å². The quantitative estimate of drug-likeness (QED) is 0.871. The van der Waals surface area contributed by atoms with Crippen molar-refractivity contribution in [1.82, 2.24) is 14.7 Å². The monoisotopic (exact) mass is 350 g/mol. The molecule has 1 atom stereocenters. The van der Waals surface area contributed by atoms with Crippen LogP contribution in [0.25, 0.3) is 0 Å². The first-order valence-corrected chi connectivity index (χ1v) is 8.03. The van der Waals surface area contributed by atoms with Crippen LogP contribution in [0, 0.1) is 0 Å². The number of likely N-dealkylation sites (N-methyl/N-ethyl adjacent to an activating group) is 1. The van der Waals surface area contributed by atoms with Crippen molar-refractivity contribution in [3.63, 3.8) is 0 Å². The number of hydrogen-bond donors (Lipinski definition) is 1. The van der Waals surface area contributed by atoms with Gasteiger partial charge in [0.15, 0.2) is 0 Å². The molecule has 2 aromatic rings. The smallest absolute Gasteiger partial charge is 0.0739 e. The molecule has 1 aromatic heterocycles. The summed E-state index contributed by atoms with van der Waals surface area (Å²) in [5.74, 6) is 0. The van der Waals surface area contributed by atoms with Crippen molar-refractivity contribution >= 4 is 15.9 Å². The Morgan fingerprint density at radius 3 is 2.71 bits per heavy atom. The molecule has 0 aliphatic rings. The zero-order valence-electron chi connectivity index (χ0n) is 12.9. The summed E-state index contributed by atoms with van der Waals surface area (Å²) >= 11 is 3.59. The predicted molar refractivity (Wildman–Crippen MR) is 90.3 cm³/mol. The first kappa shape index (κ1) is 16.2. The van der Waals surface area contributed by atoms with Gasteiger partial charge < -0.3 is 10.6 Å². The second kappa shape index (κ2) is 7.20. The lowest BCUT2D eigenvalue weighted by molar-refractivity contribution is 0.368. The summed E-state index contributed by atoms with van der Waals surface area (Å²) in [5.41, 5.74) is 10.0. The second-order valence-corrected chi connectivity index (χ2v) is 6.29. The van der Waals surface area contributed by atoms with Crippen molar-refractivity contribution in [3.8, 4) is 0 Å². The maximum absolute atomic E-state index is 6.54. The Morgan fingerprint density at radius 2 is 2.05 bits per heavy atom. The molecule has 0 amide bonds. The van der Waals surface area contributed by atoms with Crippen molar-refractivity contribution in [2.75, 3.05) is 20.6 Å². The Morgan fingerprint density at radius 1 is 1.33 bits per heavy atom. The number of aromatic nitrogens is 2. The lowest BCUT2D eigenvalue weighted by atomic mass is 9.97. The van der Waals surface area contributed by atoms with E-state index in [-0.39, 0.29) is 6.04 Å². The molecule has 0 bridgehead atoms. The van der Waals surface area contributed by atoms with E-state index in [9.17, 15) is 0 Å². The van der Waals surface area contributed by atoms with Gasteiger partial charge in [0.05, 0.1) is 29.0 Å². The largest absolute Gasteiger partial charge is 0.319 e. The highest BCUT2D eigenvalue weighted by molar-refractivity contribution is 9.10. The van der Waals surface area contributed by atoms with Gasteiger partial charge in [-0.1, -0.05) is 31.2 Å². The van der Waals surface area contributed by atoms with Crippen molar-refractivity contribution < 1.29 is 0 Å². The van der Waals surface area contributed by atoms with E-state index in [0.29, 0.717) is 0 Å². The van der Waals surface area contributed by atoms with E-state index in [0.717, 1.165) is 29.7 Å². The normalized spacial score (nSPS) is 12.9. The molecule has 0 saturated heterocycles. The minimum Gasteiger partial charge on any atom is -0.319 e. The van der Waals surface area contributed by atoms with E-state index in [2.05, 4.69) is 65.1 Å². The first-order chi connectivity index (χ1) is 10.0. The number of benzene rings is 1. The van der Waals surface area contributed by atoms with E-state index in [1.165, 1.54) is 11.1 Å². The maximum atomic E-state index is 6.54. The third kappa shape index (κ3) is 3.73. The molecule has 2 N–H and O–H groups in total. The van der Waals surface area contributed by atoms with Crippen LogP contribution in [0.15, 0.2) is 34.9 Å². The molecule has 1 unspecified atom stereocenters. The average molecular weight is 351 g/mol. The van der Waals surface area contributed by atoms with Crippen molar-refractivity contribution in [2.24, 2.45) is 5.73 Å². The predicted octanol–water partition coefficient (Wildman–Crippen LogP) is 2.82. The van der Waals surface area contributed by atoms with E-state index in [1.54, 1.807) is 0 Å². The molecule has 114 valence electrons. The van der Waals surface area contributed by atoms with Gasteiger partial charge in [-0.3, -0.25) is 4.68 Å². The lowest BCUT2D eigenvalue weighted by Crippen LogP contribution is -2.24. The molecule has 21 heavy (non-hydrogen) atoms. The van der Waals surface area contributed by atoms with Crippen LogP contribution in [0.5, 0.6) is 0 Å². The number of nitrogens with two attached hydrogens (primary N) is 1. The Bertz CT molecular complexity index is 592. The molecule has 0 fully saturated rings. The van der Waals surface area contributed by atoms with Crippen LogP contribution in [-0.4, -0.2) is 35.3 Å².